The summed E-state index contributed by atoms with van der Waals surface area (Å²) in [5.41, 5.74) is -0.606. The first-order valence-corrected chi connectivity index (χ1v) is 10.8. The molecular formula is C16H31NO4Si. The lowest BCUT2D eigenvalue weighted by atomic mass is 10.2. The highest BCUT2D eigenvalue weighted by Crippen LogP contribution is 2.37. The second kappa shape index (κ2) is 6.32. The first-order chi connectivity index (χ1) is 9.74. The average Bonchev–Trinajstić information content (AvgIpc) is 2.64. The number of likely N-dealkylation sites (tertiary alicyclic amines) is 1. The van der Waals surface area contributed by atoms with Crippen molar-refractivity contribution in [3.8, 4) is 0 Å². The minimum atomic E-state index is -1.90. The van der Waals surface area contributed by atoms with Crippen LogP contribution in [0, 0.1) is 0 Å². The largest absolute Gasteiger partial charge is 0.443 e. The summed E-state index contributed by atoms with van der Waals surface area (Å²) in [5.74, 6) is -0.168. The first kappa shape index (κ1) is 19.2. The molecule has 0 N–H and O–H groups in total. The first-order valence-electron chi connectivity index (χ1n) is 7.93. The zero-order chi connectivity index (χ0) is 17.3. The number of nitrogens with zero attached hydrogens (tertiary/aromatic N) is 1. The van der Waals surface area contributed by atoms with Gasteiger partial charge in [0.05, 0.1) is 12.6 Å². The molecule has 0 aromatic heterocycles. The van der Waals surface area contributed by atoms with Crippen LogP contribution in [0.1, 0.15) is 54.4 Å². The fourth-order valence-corrected chi connectivity index (χ4v) is 3.03. The molecule has 1 atom stereocenters. The van der Waals surface area contributed by atoms with Gasteiger partial charge in [0.1, 0.15) is 5.60 Å². The number of carbonyl (C=O) groups excluding carboxylic acids is 2. The summed E-state index contributed by atoms with van der Waals surface area (Å²) in [6.45, 7) is 16.6. The summed E-state index contributed by atoms with van der Waals surface area (Å²) in [6, 6.07) is -0.212. The molecule has 0 bridgehead atoms. The molecule has 128 valence electrons. The zero-order valence-corrected chi connectivity index (χ0v) is 16.3. The van der Waals surface area contributed by atoms with Crippen molar-refractivity contribution in [2.24, 2.45) is 0 Å². The Bertz CT molecular complexity index is 434. The van der Waals surface area contributed by atoms with Gasteiger partial charge in [-0.25, -0.2) is 9.69 Å². The minimum Gasteiger partial charge on any atom is -0.443 e. The van der Waals surface area contributed by atoms with Gasteiger partial charge in [-0.05, 0) is 45.3 Å². The third kappa shape index (κ3) is 4.81. The smallest absolute Gasteiger partial charge is 0.417 e. The van der Waals surface area contributed by atoms with Gasteiger partial charge < -0.3 is 9.16 Å². The van der Waals surface area contributed by atoms with E-state index < -0.39 is 20.0 Å². The number of hydrogen-bond acceptors (Lipinski definition) is 4. The van der Waals surface area contributed by atoms with Crippen molar-refractivity contribution >= 4 is 20.3 Å². The second-order valence-corrected chi connectivity index (χ2v) is 13.3. The summed E-state index contributed by atoms with van der Waals surface area (Å²) in [5, 5.41) is 0.104. The van der Waals surface area contributed by atoms with Crippen molar-refractivity contribution in [2.75, 3.05) is 6.61 Å². The Morgan fingerprint density at radius 3 is 2.23 bits per heavy atom. The standard InChI is InChI=1S/C16H31NO4Si/c1-15(2,3)21-14(19)17-12(9-10-13(17)18)11-20-22(7,8)16(4,5)6/h12H,9-11H2,1-8H3/t12-/m0/s1. The minimum absolute atomic E-state index is 0.104. The van der Waals surface area contributed by atoms with E-state index in [1.165, 1.54) is 4.90 Å². The molecule has 5 nitrogen and oxygen atoms in total. The predicted molar refractivity (Wildman–Crippen MR) is 89.3 cm³/mol. The van der Waals surface area contributed by atoms with Crippen LogP contribution < -0.4 is 0 Å². The van der Waals surface area contributed by atoms with E-state index in [-0.39, 0.29) is 17.0 Å². The summed E-state index contributed by atoms with van der Waals surface area (Å²) >= 11 is 0. The number of ether oxygens (including phenoxy) is 1. The van der Waals surface area contributed by atoms with E-state index in [1.807, 2.05) is 0 Å². The van der Waals surface area contributed by atoms with E-state index in [9.17, 15) is 9.59 Å². The van der Waals surface area contributed by atoms with Crippen molar-refractivity contribution in [1.82, 2.24) is 4.90 Å². The lowest BCUT2D eigenvalue weighted by Gasteiger charge is -2.37. The van der Waals surface area contributed by atoms with Gasteiger partial charge in [-0.1, -0.05) is 20.8 Å². The van der Waals surface area contributed by atoms with Gasteiger partial charge >= 0.3 is 6.09 Å². The molecule has 1 fully saturated rings. The molecule has 1 rings (SSSR count). The van der Waals surface area contributed by atoms with Crippen LogP contribution in [0.2, 0.25) is 18.1 Å². The number of carbonyl (C=O) groups is 2. The normalized spacial score (nSPS) is 20.5. The van der Waals surface area contributed by atoms with Crippen molar-refractivity contribution in [2.45, 2.75) is 84.2 Å². The Morgan fingerprint density at radius 1 is 1.23 bits per heavy atom. The molecule has 0 radical (unpaired) electrons. The highest BCUT2D eigenvalue weighted by atomic mass is 28.4. The Balaban J connectivity index is 2.74. The lowest BCUT2D eigenvalue weighted by Crippen LogP contribution is -2.48. The Hall–Kier alpha value is -0.883. The van der Waals surface area contributed by atoms with Gasteiger partial charge in [0.15, 0.2) is 8.32 Å². The van der Waals surface area contributed by atoms with E-state index in [2.05, 4.69) is 33.9 Å². The Labute approximate surface area is 135 Å². The zero-order valence-electron chi connectivity index (χ0n) is 15.3. The molecule has 1 aliphatic rings. The molecule has 1 saturated heterocycles. The highest BCUT2D eigenvalue weighted by molar-refractivity contribution is 6.74. The third-order valence-electron chi connectivity index (χ3n) is 4.36. The summed E-state index contributed by atoms with van der Waals surface area (Å²) in [6.07, 6.45) is 0.469. The average molecular weight is 330 g/mol. The van der Waals surface area contributed by atoms with Gasteiger partial charge in [-0.3, -0.25) is 4.79 Å². The molecule has 0 aliphatic carbocycles. The van der Waals surface area contributed by atoms with Crippen LogP contribution in [-0.2, 0) is 14.0 Å². The molecule has 2 amide bonds. The Kier molecular flexibility index (Phi) is 5.50. The van der Waals surface area contributed by atoms with Gasteiger partial charge in [0.25, 0.3) is 0 Å². The van der Waals surface area contributed by atoms with Crippen LogP contribution >= 0.6 is 0 Å². The van der Waals surface area contributed by atoms with Crippen molar-refractivity contribution in [3.05, 3.63) is 0 Å². The van der Waals surface area contributed by atoms with Crippen LogP contribution in [-0.4, -0.2) is 43.5 Å². The Morgan fingerprint density at radius 2 is 1.77 bits per heavy atom. The van der Waals surface area contributed by atoms with E-state index in [0.29, 0.717) is 19.4 Å². The van der Waals surface area contributed by atoms with E-state index in [0.717, 1.165) is 0 Å². The van der Waals surface area contributed by atoms with E-state index in [1.54, 1.807) is 20.8 Å². The van der Waals surface area contributed by atoms with E-state index in [4.69, 9.17) is 9.16 Å². The van der Waals surface area contributed by atoms with E-state index >= 15 is 0 Å². The van der Waals surface area contributed by atoms with Crippen molar-refractivity contribution in [3.63, 3.8) is 0 Å². The fourth-order valence-electron chi connectivity index (χ4n) is 1.98. The van der Waals surface area contributed by atoms with Gasteiger partial charge in [0, 0.05) is 6.42 Å². The van der Waals surface area contributed by atoms with Crippen LogP contribution in [0.15, 0.2) is 0 Å². The molecule has 0 aromatic carbocycles. The molecule has 0 spiro atoms. The molecular weight excluding hydrogens is 298 g/mol. The molecule has 0 aromatic rings. The summed E-state index contributed by atoms with van der Waals surface area (Å²) in [4.78, 5) is 25.5. The monoisotopic (exact) mass is 329 g/mol. The maximum absolute atomic E-state index is 12.2. The molecule has 6 heteroatoms. The maximum atomic E-state index is 12.2. The van der Waals surface area contributed by atoms with Gasteiger partial charge in [0.2, 0.25) is 5.91 Å². The van der Waals surface area contributed by atoms with Crippen molar-refractivity contribution < 1.29 is 18.8 Å². The highest BCUT2D eigenvalue weighted by Gasteiger charge is 2.42. The summed E-state index contributed by atoms with van der Waals surface area (Å²) < 4.78 is 11.5. The molecule has 0 unspecified atom stereocenters. The fraction of sp³-hybridized carbons (Fsp3) is 0.875. The predicted octanol–water partition coefficient (Wildman–Crippen LogP) is 3.93. The maximum Gasteiger partial charge on any atom is 0.417 e. The molecule has 1 aliphatic heterocycles. The van der Waals surface area contributed by atoms with Crippen LogP contribution in [0.25, 0.3) is 0 Å². The number of amides is 2. The molecule has 0 saturated carbocycles. The molecule has 22 heavy (non-hydrogen) atoms. The van der Waals surface area contributed by atoms with Gasteiger partial charge in [-0.15, -0.1) is 0 Å². The number of rotatable bonds is 3. The van der Waals surface area contributed by atoms with Crippen LogP contribution in [0.3, 0.4) is 0 Å². The van der Waals surface area contributed by atoms with Gasteiger partial charge in [-0.2, -0.15) is 0 Å². The quantitative estimate of drug-likeness (QED) is 0.736. The van der Waals surface area contributed by atoms with Crippen molar-refractivity contribution in [1.29, 1.82) is 0 Å². The third-order valence-corrected chi connectivity index (χ3v) is 8.86. The van der Waals surface area contributed by atoms with Crippen LogP contribution in [0.5, 0.6) is 0 Å². The lowest BCUT2D eigenvalue weighted by molar-refractivity contribution is -0.128. The number of hydrogen-bond donors (Lipinski definition) is 0. The SMILES string of the molecule is CC(C)(C)OC(=O)N1C(=O)CC[C@H]1CO[Si](C)(C)C(C)(C)C. The summed E-state index contributed by atoms with van der Waals surface area (Å²) in [7, 11) is -1.90. The van der Waals surface area contributed by atoms with Crippen LogP contribution in [0.4, 0.5) is 4.79 Å². The number of imide groups is 1. The second-order valence-electron chi connectivity index (χ2n) is 8.51. The molecule has 1 heterocycles. The topological polar surface area (TPSA) is 55.8 Å².